The van der Waals surface area contributed by atoms with E-state index < -0.39 is 0 Å². The van der Waals surface area contributed by atoms with Gasteiger partial charge in [0.15, 0.2) is 0 Å². The first-order valence-electron chi connectivity index (χ1n) is 9.05. The second-order valence-electron chi connectivity index (χ2n) is 6.76. The molecule has 0 aliphatic rings. The predicted octanol–water partition coefficient (Wildman–Crippen LogP) is 6.16. The Morgan fingerprint density at radius 3 is 1.89 bits per heavy atom. The molecular formula is C25H22N2. The summed E-state index contributed by atoms with van der Waals surface area (Å²) in [5.41, 5.74) is 22.0. The Hall–Kier alpha value is -3.52. The Morgan fingerprint density at radius 1 is 0.519 bits per heavy atom. The molecule has 0 radical (unpaired) electrons. The molecule has 0 saturated carbocycles. The first-order valence-corrected chi connectivity index (χ1v) is 9.05. The van der Waals surface area contributed by atoms with E-state index in [0.29, 0.717) is 0 Å². The van der Waals surface area contributed by atoms with Gasteiger partial charge in [-0.25, -0.2) is 0 Å². The molecule has 0 spiro atoms. The second-order valence-corrected chi connectivity index (χ2v) is 6.76. The lowest BCUT2D eigenvalue weighted by molar-refractivity contribution is 1.45. The number of anilines is 2. The number of hydrogen-bond donors (Lipinski definition) is 2. The van der Waals surface area contributed by atoms with E-state index in [4.69, 9.17) is 11.5 Å². The fourth-order valence-corrected chi connectivity index (χ4v) is 3.57. The van der Waals surface area contributed by atoms with Gasteiger partial charge in [0.1, 0.15) is 0 Å². The van der Waals surface area contributed by atoms with Crippen LogP contribution in [0.15, 0.2) is 91.0 Å². The van der Waals surface area contributed by atoms with E-state index in [9.17, 15) is 0 Å². The first-order chi connectivity index (χ1) is 13.1. The Kier molecular flexibility index (Phi) is 4.39. The van der Waals surface area contributed by atoms with E-state index in [-0.39, 0.29) is 0 Å². The minimum atomic E-state index is 0.759. The summed E-state index contributed by atoms with van der Waals surface area (Å²) in [7, 11) is 0. The van der Waals surface area contributed by atoms with Crippen LogP contribution < -0.4 is 11.5 Å². The van der Waals surface area contributed by atoms with Crippen LogP contribution in [0.5, 0.6) is 0 Å². The van der Waals surface area contributed by atoms with Gasteiger partial charge in [0.25, 0.3) is 0 Å². The quantitative estimate of drug-likeness (QED) is 0.435. The van der Waals surface area contributed by atoms with Gasteiger partial charge in [-0.05, 0) is 58.5 Å². The molecule has 0 aliphatic heterocycles. The summed E-state index contributed by atoms with van der Waals surface area (Å²) in [6.07, 6.45) is 0. The molecule has 2 nitrogen and oxygen atoms in total. The third kappa shape index (κ3) is 3.18. The molecule has 0 bridgehead atoms. The molecule has 0 aliphatic carbocycles. The van der Waals surface area contributed by atoms with Gasteiger partial charge >= 0.3 is 0 Å². The van der Waals surface area contributed by atoms with Crippen LogP contribution in [-0.2, 0) is 0 Å². The minimum Gasteiger partial charge on any atom is -0.399 e. The van der Waals surface area contributed by atoms with Crippen LogP contribution in [0.1, 0.15) is 5.56 Å². The largest absolute Gasteiger partial charge is 0.399 e. The van der Waals surface area contributed by atoms with Gasteiger partial charge in [0.2, 0.25) is 0 Å². The highest BCUT2D eigenvalue weighted by atomic mass is 14.6. The lowest BCUT2D eigenvalue weighted by Crippen LogP contribution is -1.98. The Balaban J connectivity index is 2.08. The average Bonchev–Trinajstić information content (AvgIpc) is 2.70. The van der Waals surface area contributed by atoms with Gasteiger partial charge in [-0.15, -0.1) is 0 Å². The summed E-state index contributed by atoms with van der Waals surface area (Å²) >= 11 is 0. The zero-order valence-corrected chi connectivity index (χ0v) is 15.3. The maximum absolute atomic E-state index is 6.51. The fraction of sp³-hybridized carbons (Fsp3) is 0.0400. The standard InChI is InChI=1S/C25H22N2/c1-17-7-5-6-10-21(17)25-23(27)16-15-22(18-11-13-20(26)14-12-18)24(25)19-8-3-2-4-9-19/h2-16H,26-27H2,1H3. The molecule has 4 aromatic carbocycles. The van der Waals surface area contributed by atoms with Gasteiger partial charge in [0.05, 0.1) is 0 Å². The summed E-state index contributed by atoms with van der Waals surface area (Å²) < 4.78 is 0. The van der Waals surface area contributed by atoms with Gasteiger partial charge in [-0.2, -0.15) is 0 Å². The lowest BCUT2D eigenvalue weighted by Gasteiger charge is -2.19. The van der Waals surface area contributed by atoms with Crippen LogP contribution >= 0.6 is 0 Å². The van der Waals surface area contributed by atoms with Crippen LogP contribution in [0.2, 0.25) is 0 Å². The topological polar surface area (TPSA) is 52.0 Å². The minimum absolute atomic E-state index is 0.759. The Labute approximate surface area is 160 Å². The number of nitrogens with two attached hydrogens (primary N) is 2. The Bertz CT molecular complexity index is 1080. The summed E-state index contributed by atoms with van der Waals surface area (Å²) in [5.74, 6) is 0. The van der Waals surface area contributed by atoms with Crippen molar-refractivity contribution < 1.29 is 0 Å². The van der Waals surface area contributed by atoms with Crippen molar-refractivity contribution in [3.05, 3.63) is 96.6 Å². The first kappa shape index (κ1) is 16.9. The molecule has 2 heteroatoms. The van der Waals surface area contributed by atoms with Crippen LogP contribution in [0.25, 0.3) is 33.4 Å². The highest BCUT2D eigenvalue weighted by Gasteiger charge is 2.17. The lowest BCUT2D eigenvalue weighted by atomic mass is 9.85. The highest BCUT2D eigenvalue weighted by Crippen LogP contribution is 2.44. The monoisotopic (exact) mass is 350 g/mol. The number of benzene rings is 4. The number of rotatable bonds is 3. The third-order valence-corrected chi connectivity index (χ3v) is 4.94. The molecule has 0 unspecified atom stereocenters. The van der Waals surface area contributed by atoms with Crippen LogP contribution in [-0.4, -0.2) is 0 Å². The molecule has 132 valence electrons. The van der Waals surface area contributed by atoms with E-state index in [0.717, 1.165) is 44.8 Å². The van der Waals surface area contributed by atoms with E-state index >= 15 is 0 Å². The van der Waals surface area contributed by atoms with Crippen LogP contribution in [0.4, 0.5) is 11.4 Å². The maximum Gasteiger partial charge on any atom is 0.0400 e. The van der Waals surface area contributed by atoms with Crippen LogP contribution in [0.3, 0.4) is 0 Å². The smallest absolute Gasteiger partial charge is 0.0400 e. The number of hydrogen-bond acceptors (Lipinski definition) is 2. The Morgan fingerprint density at radius 2 is 1.19 bits per heavy atom. The molecule has 0 heterocycles. The normalized spacial score (nSPS) is 10.7. The number of aryl methyl sites for hydroxylation is 1. The highest BCUT2D eigenvalue weighted by molar-refractivity contribution is 6.00. The average molecular weight is 350 g/mol. The molecule has 4 rings (SSSR count). The molecule has 0 saturated heterocycles. The van der Waals surface area contributed by atoms with E-state index in [1.807, 2.05) is 24.3 Å². The zero-order chi connectivity index (χ0) is 18.8. The van der Waals surface area contributed by atoms with Gasteiger partial charge < -0.3 is 11.5 Å². The fourth-order valence-electron chi connectivity index (χ4n) is 3.57. The van der Waals surface area contributed by atoms with Crippen molar-refractivity contribution in [1.82, 2.24) is 0 Å². The third-order valence-electron chi connectivity index (χ3n) is 4.94. The summed E-state index contributed by atoms with van der Waals surface area (Å²) in [6, 6.07) is 30.9. The molecular weight excluding hydrogens is 328 g/mol. The summed E-state index contributed by atoms with van der Waals surface area (Å²) in [5, 5.41) is 0. The van der Waals surface area contributed by atoms with E-state index in [1.54, 1.807) is 0 Å². The van der Waals surface area contributed by atoms with Gasteiger partial charge in [-0.3, -0.25) is 0 Å². The molecule has 0 fully saturated rings. The molecule has 27 heavy (non-hydrogen) atoms. The van der Waals surface area contributed by atoms with Gasteiger partial charge in [0, 0.05) is 16.9 Å². The predicted molar refractivity (Wildman–Crippen MR) is 116 cm³/mol. The summed E-state index contributed by atoms with van der Waals surface area (Å²) in [4.78, 5) is 0. The van der Waals surface area contributed by atoms with Crippen molar-refractivity contribution in [2.24, 2.45) is 0 Å². The summed E-state index contributed by atoms with van der Waals surface area (Å²) in [6.45, 7) is 2.12. The van der Waals surface area contributed by atoms with E-state index in [2.05, 4.69) is 73.7 Å². The van der Waals surface area contributed by atoms with Crippen molar-refractivity contribution in [3.63, 3.8) is 0 Å². The molecule has 4 N–H and O–H groups in total. The van der Waals surface area contributed by atoms with Crippen LogP contribution in [0, 0.1) is 6.92 Å². The van der Waals surface area contributed by atoms with Crippen molar-refractivity contribution in [3.8, 4) is 33.4 Å². The maximum atomic E-state index is 6.51. The number of nitrogen functional groups attached to an aromatic ring is 2. The van der Waals surface area contributed by atoms with Gasteiger partial charge in [-0.1, -0.05) is 72.8 Å². The van der Waals surface area contributed by atoms with E-state index in [1.165, 1.54) is 5.56 Å². The molecule has 0 atom stereocenters. The zero-order valence-electron chi connectivity index (χ0n) is 15.3. The van der Waals surface area contributed by atoms with Crippen molar-refractivity contribution in [1.29, 1.82) is 0 Å². The molecule has 0 aromatic heterocycles. The molecule has 4 aromatic rings. The SMILES string of the molecule is Cc1ccccc1-c1c(N)ccc(-c2ccc(N)cc2)c1-c1ccccc1. The van der Waals surface area contributed by atoms with Crippen molar-refractivity contribution in [2.45, 2.75) is 6.92 Å². The molecule has 0 amide bonds. The second kappa shape index (κ2) is 7.00. The van der Waals surface area contributed by atoms with Crippen molar-refractivity contribution in [2.75, 3.05) is 11.5 Å². The van der Waals surface area contributed by atoms with Crippen molar-refractivity contribution >= 4 is 11.4 Å².